The van der Waals surface area contributed by atoms with Crippen LogP contribution in [0.25, 0.3) is 0 Å². The SMILES string of the molecule is Cc1ccc(OCC(=O)NCCNS(=O)(=O)c2cc(C)ccc2C)c(C(C)(C)C)c1. The normalized spacial score (nSPS) is 11.9. The van der Waals surface area contributed by atoms with Crippen LogP contribution in [0.15, 0.2) is 41.3 Å². The maximum Gasteiger partial charge on any atom is 0.257 e. The molecule has 0 aliphatic carbocycles. The first-order chi connectivity index (χ1) is 13.9. The van der Waals surface area contributed by atoms with Gasteiger partial charge < -0.3 is 10.1 Å². The maximum atomic E-state index is 12.5. The molecule has 2 N–H and O–H groups in total. The predicted molar refractivity (Wildman–Crippen MR) is 119 cm³/mol. The molecule has 0 saturated carbocycles. The molecule has 0 bridgehead atoms. The fraction of sp³-hybridized carbons (Fsp3) is 0.435. The van der Waals surface area contributed by atoms with Gasteiger partial charge in [-0.2, -0.15) is 0 Å². The van der Waals surface area contributed by atoms with E-state index in [9.17, 15) is 13.2 Å². The first-order valence-corrected chi connectivity index (χ1v) is 11.5. The number of sulfonamides is 1. The fourth-order valence-electron chi connectivity index (χ4n) is 3.01. The van der Waals surface area contributed by atoms with Crippen molar-refractivity contribution in [3.63, 3.8) is 0 Å². The van der Waals surface area contributed by atoms with E-state index in [0.29, 0.717) is 11.3 Å². The summed E-state index contributed by atoms with van der Waals surface area (Å²) in [5.41, 5.74) is 3.62. The van der Waals surface area contributed by atoms with Crippen molar-refractivity contribution >= 4 is 15.9 Å². The van der Waals surface area contributed by atoms with E-state index >= 15 is 0 Å². The van der Waals surface area contributed by atoms with Gasteiger partial charge >= 0.3 is 0 Å². The van der Waals surface area contributed by atoms with Crippen molar-refractivity contribution in [3.8, 4) is 5.75 Å². The van der Waals surface area contributed by atoms with Crippen molar-refractivity contribution < 1.29 is 17.9 Å². The molecule has 6 nitrogen and oxygen atoms in total. The van der Waals surface area contributed by atoms with Crippen LogP contribution in [0, 0.1) is 20.8 Å². The first-order valence-electron chi connectivity index (χ1n) is 9.98. The Kier molecular flexibility index (Phi) is 7.66. The van der Waals surface area contributed by atoms with Gasteiger partial charge in [0, 0.05) is 13.1 Å². The van der Waals surface area contributed by atoms with Crippen LogP contribution in [0.1, 0.15) is 43.0 Å². The molecule has 0 saturated heterocycles. The van der Waals surface area contributed by atoms with Gasteiger partial charge in [-0.05, 0) is 55.0 Å². The molecule has 0 radical (unpaired) electrons. The molecule has 0 spiro atoms. The molecule has 0 aliphatic rings. The van der Waals surface area contributed by atoms with Gasteiger partial charge in [0.25, 0.3) is 5.91 Å². The van der Waals surface area contributed by atoms with Crippen molar-refractivity contribution in [2.75, 3.05) is 19.7 Å². The summed E-state index contributed by atoms with van der Waals surface area (Å²) in [6.45, 7) is 12.0. The smallest absolute Gasteiger partial charge is 0.257 e. The van der Waals surface area contributed by atoms with E-state index in [1.54, 1.807) is 19.1 Å². The van der Waals surface area contributed by atoms with Crippen LogP contribution in [0.2, 0.25) is 0 Å². The molecule has 2 aromatic rings. The molecule has 0 unspecified atom stereocenters. The van der Waals surface area contributed by atoms with Crippen LogP contribution >= 0.6 is 0 Å². The number of carbonyl (C=O) groups is 1. The molecular weight excluding hydrogens is 400 g/mol. The van der Waals surface area contributed by atoms with E-state index in [-0.39, 0.29) is 35.9 Å². The fourth-order valence-corrected chi connectivity index (χ4v) is 4.37. The Morgan fingerprint density at radius 1 is 0.967 bits per heavy atom. The lowest BCUT2D eigenvalue weighted by Crippen LogP contribution is -2.37. The van der Waals surface area contributed by atoms with Gasteiger partial charge in [0.15, 0.2) is 6.61 Å². The zero-order valence-corrected chi connectivity index (χ0v) is 19.4. The highest BCUT2D eigenvalue weighted by Gasteiger charge is 2.20. The van der Waals surface area contributed by atoms with Crippen molar-refractivity contribution in [2.45, 2.75) is 51.9 Å². The summed E-state index contributed by atoms with van der Waals surface area (Å²) in [5.74, 6) is 0.375. The van der Waals surface area contributed by atoms with E-state index in [1.807, 2.05) is 32.0 Å². The second-order valence-electron chi connectivity index (χ2n) is 8.55. The van der Waals surface area contributed by atoms with Crippen molar-refractivity contribution in [3.05, 3.63) is 58.7 Å². The van der Waals surface area contributed by atoms with Crippen LogP contribution in [0.5, 0.6) is 5.75 Å². The number of amides is 1. The first kappa shape index (κ1) is 23.9. The Morgan fingerprint density at radius 3 is 2.27 bits per heavy atom. The molecule has 30 heavy (non-hydrogen) atoms. The average Bonchev–Trinajstić information content (AvgIpc) is 2.65. The summed E-state index contributed by atoms with van der Waals surface area (Å²) in [4.78, 5) is 12.4. The van der Waals surface area contributed by atoms with Gasteiger partial charge in [-0.25, -0.2) is 13.1 Å². The number of rotatable bonds is 8. The number of carbonyl (C=O) groups excluding carboxylic acids is 1. The zero-order valence-electron chi connectivity index (χ0n) is 18.6. The Balaban J connectivity index is 1.86. The average molecular weight is 433 g/mol. The van der Waals surface area contributed by atoms with Gasteiger partial charge in [-0.15, -0.1) is 0 Å². The Morgan fingerprint density at radius 2 is 1.60 bits per heavy atom. The van der Waals surface area contributed by atoms with Crippen molar-refractivity contribution in [1.82, 2.24) is 10.0 Å². The second kappa shape index (κ2) is 9.62. The maximum absolute atomic E-state index is 12.5. The van der Waals surface area contributed by atoms with Crippen molar-refractivity contribution in [1.29, 1.82) is 0 Å². The topological polar surface area (TPSA) is 84.5 Å². The van der Waals surface area contributed by atoms with E-state index in [2.05, 4.69) is 36.9 Å². The molecular formula is C23H32N2O4S. The quantitative estimate of drug-likeness (QED) is 0.627. The number of hydrogen-bond donors (Lipinski definition) is 2. The monoisotopic (exact) mass is 432 g/mol. The van der Waals surface area contributed by atoms with Crippen LogP contribution < -0.4 is 14.8 Å². The van der Waals surface area contributed by atoms with Crippen LogP contribution in [0.3, 0.4) is 0 Å². The molecule has 0 atom stereocenters. The molecule has 0 heterocycles. The highest BCUT2D eigenvalue weighted by Crippen LogP contribution is 2.32. The highest BCUT2D eigenvalue weighted by molar-refractivity contribution is 7.89. The summed E-state index contributed by atoms with van der Waals surface area (Å²) in [6, 6.07) is 11.2. The number of aryl methyl sites for hydroxylation is 3. The third-order valence-electron chi connectivity index (χ3n) is 4.67. The third kappa shape index (κ3) is 6.57. The minimum Gasteiger partial charge on any atom is -0.483 e. The highest BCUT2D eigenvalue weighted by atomic mass is 32.2. The van der Waals surface area contributed by atoms with E-state index in [0.717, 1.165) is 16.7 Å². The number of ether oxygens (including phenoxy) is 1. The Hall–Kier alpha value is -2.38. The standard InChI is InChI=1S/C23H32N2O4S/c1-16-8-10-20(19(13-16)23(4,5)6)29-15-22(26)24-11-12-25-30(27,28)21-14-17(2)7-9-18(21)3/h7-10,13-14,25H,11-12,15H2,1-6H3,(H,24,26). The lowest BCUT2D eigenvalue weighted by Gasteiger charge is -2.23. The second-order valence-corrected chi connectivity index (χ2v) is 10.3. The lowest BCUT2D eigenvalue weighted by molar-refractivity contribution is -0.123. The minimum atomic E-state index is -3.63. The van der Waals surface area contributed by atoms with Crippen LogP contribution in [-0.2, 0) is 20.2 Å². The van der Waals surface area contributed by atoms with Gasteiger partial charge in [0.05, 0.1) is 4.90 Å². The molecule has 1 amide bonds. The Bertz CT molecular complexity index is 1010. The van der Waals surface area contributed by atoms with Gasteiger partial charge in [0.1, 0.15) is 5.75 Å². The molecule has 0 aliphatic heterocycles. The van der Waals surface area contributed by atoms with Crippen molar-refractivity contribution in [2.24, 2.45) is 0 Å². The molecule has 164 valence electrons. The minimum absolute atomic E-state index is 0.0965. The zero-order chi connectivity index (χ0) is 22.5. The molecule has 0 fully saturated rings. The summed E-state index contributed by atoms with van der Waals surface area (Å²) in [7, 11) is -3.63. The largest absolute Gasteiger partial charge is 0.483 e. The number of nitrogens with one attached hydrogen (secondary N) is 2. The number of benzene rings is 2. The third-order valence-corrected chi connectivity index (χ3v) is 6.28. The van der Waals surface area contributed by atoms with E-state index < -0.39 is 10.0 Å². The van der Waals surface area contributed by atoms with Gasteiger partial charge in [-0.3, -0.25) is 4.79 Å². The van der Waals surface area contributed by atoms with Crippen LogP contribution in [0.4, 0.5) is 0 Å². The van der Waals surface area contributed by atoms with E-state index in [4.69, 9.17) is 4.74 Å². The Labute approximate surface area is 180 Å². The van der Waals surface area contributed by atoms with E-state index in [1.165, 1.54) is 0 Å². The summed E-state index contributed by atoms with van der Waals surface area (Å²) < 4.78 is 33.2. The summed E-state index contributed by atoms with van der Waals surface area (Å²) in [6.07, 6.45) is 0. The van der Waals surface area contributed by atoms with Crippen LogP contribution in [-0.4, -0.2) is 34.0 Å². The predicted octanol–water partition coefficient (Wildman–Crippen LogP) is 3.38. The molecule has 0 aromatic heterocycles. The molecule has 2 rings (SSSR count). The number of hydrogen-bond acceptors (Lipinski definition) is 4. The summed E-state index contributed by atoms with van der Waals surface area (Å²) >= 11 is 0. The lowest BCUT2D eigenvalue weighted by atomic mass is 9.85. The van der Waals surface area contributed by atoms with Gasteiger partial charge in [-0.1, -0.05) is 50.6 Å². The summed E-state index contributed by atoms with van der Waals surface area (Å²) in [5, 5.41) is 2.68. The molecule has 2 aromatic carbocycles. The molecule has 7 heteroatoms. The van der Waals surface area contributed by atoms with Gasteiger partial charge in [0.2, 0.25) is 10.0 Å².